The number of nitrogens with one attached hydrogen (secondary N) is 1. The van der Waals surface area contributed by atoms with Crippen LogP contribution in [-0.4, -0.2) is 5.91 Å². The highest BCUT2D eigenvalue weighted by atomic mass is 16.1. The normalized spacial score (nSPS) is 9.50. The lowest BCUT2D eigenvalue weighted by Gasteiger charge is -2.05. The molecule has 16 heavy (non-hydrogen) atoms. The Balaban J connectivity index is 2.37. The average molecular weight is 216 g/mol. The molecule has 0 spiro atoms. The van der Waals surface area contributed by atoms with E-state index >= 15 is 0 Å². The third-order valence-corrected chi connectivity index (χ3v) is 2.24. The molecule has 0 aromatic heterocycles. The molecule has 3 N–H and O–H groups in total. The van der Waals surface area contributed by atoms with Gasteiger partial charge in [0, 0.05) is 25.9 Å². The van der Waals surface area contributed by atoms with Crippen molar-refractivity contribution in [3.05, 3.63) is 35.4 Å². The van der Waals surface area contributed by atoms with Gasteiger partial charge < -0.3 is 11.1 Å². The van der Waals surface area contributed by atoms with Crippen LogP contribution in [0.3, 0.4) is 0 Å². The molecule has 0 unspecified atom stereocenters. The molecule has 0 radical (unpaired) electrons. The largest absolute Gasteiger partial charge is 0.352 e. The van der Waals surface area contributed by atoms with E-state index in [0.29, 0.717) is 25.9 Å². The first kappa shape index (κ1) is 12.3. The first-order chi connectivity index (χ1) is 7.76. The number of hydrogen-bond acceptors (Lipinski definition) is 2. The van der Waals surface area contributed by atoms with Gasteiger partial charge in [0.1, 0.15) is 0 Å². The van der Waals surface area contributed by atoms with Gasteiger partial charge in [0.25, 0.3) is 0 Å². The zero-order valence-electron chi connectivity index (χ0n) is 9.20. The zero-order chi connectivity index (χ0) is 11.8. The molecule has 3 heteroatoms. The molecule has 0 saturated heterocycles. The monoisotopic (exact) mass is 216 g/mol. The molecule has 1 rings (SSSR count). The Morgan fingerprint density at radius 3 is 2.50 bits per heavy atom. The fourth-order valence-electron chi connectivity index (χ4n) is 1.27. The summed E-state index contributed by atoms with van der Waals surface area (Å²) < 4.78 is 0. The molecule has 0 bridgehead atoms. The summed E-state index contributed by atoms with van der Waals surface area (Å²) in [5.74, 6) is 2.42. The Hall–Kier alpha value is -1.79. The quantitative estimate of drug-likeness (QED) is 0.726. The van der Waals surface area contributed by atoms with Gasteiger partial charge in [-0.25, -0.2) is 0 Å². The fourth-order valence-corrected chi connectivity index (χ4v) is 1.27. The van der Waals surface area contributed by atoms with Crippen LogP contribution < -0.4 is 11.1 Å². The number of carbonyl (C=O) groups excluding carboxylic acids is 1. The number of benzene rings is 1. The Morgan fingerprint density at radius 1 is 1.31 bits per heavy atom. The van der Waals surface area contributed by atoms with Crippen molar-refractivity contribution in [2.75, 3.05) is 0 Å². The maximum atomic E-state index is 11.3. The van der Waals surface area contributed by atoms with E-state index in [9.17, 15) is 4.79 Å². The molecule has 0 aliphatic rings. The van der Waals surface area contributed by atoms with Crippen LogP contribution in [0, 0.1) is 12.3 Å². The second-order valence-electron chi connectivity index (χ2n) is 3.50. The predicted octanol–water partition coefficient (Wildman–Crippen LogP) is 1.17. The Morgan fingerprint density at radius 2 is 1.94 bits per heavy atom. The summed E-state index contributed by atoms with van der Waals surface area (Å²) in [4.78, 5) is 11.3. The lowest BCUT2D eigenvalue weighted by Crippen LogP contribution is -2.22. The minimum Gasteiger partial charge on any atom is -0.352 e. The Kier molecular flexibility index (Phi) is 5.10. The third-order valence-electron chi connectivity index (χ3n) is 2.24. The maximum Gasteiger partial charge on any atom is 0.221 e. The molecule has 1 amide bonds. The van der Waals surface area contributed by atoms with Gasteiger partial charge in [-0.3, -0.25) is 4.79 Å². The van der Waals surface area contributed by atoms with Crippen molar-refractivity contribution in [1.29, 1.82) is 0 Å². The smallest absolute Gasteiger partial charge is 0.221 e. The van der Waals surface area contributed by atoms with E-state index in [0.717, 1.165) is 11.1 Å². The lowest BCUT2D eigenvalue weighted by molar-refractivity contribution is -0.121. The Bertz CT molecular complexity index is 376. The van der Waals surface area contributed by atoms with E-state index < -0.39 is 0 Å². The van der Waals surface area contributed by atoms with E-state index in [4.69, 9.17) is 12.2 Å². The topological polar surface area (TPSA) is 55.1 Å². The van der Waals surface area contributed by atoms with Gasteiger partial charge in [0.05, 0.1) is 0 Å². The van der Waals surface area contributed by atoms with Gasteiger partial charge >= 0.3 is 0 Å². The summed E-state index contributed by atoms with van der Waals surface area (Å²) in [6.45, 7) is 1.07. The maximum absolute atomic E-state index is 11.3. The van der Waals surface area contributed by atoms with Crippen molar-refractivity contribution in [1.82, 2.24) is 5.32 Å². The standard InChI is InChI=1S/C13H16N2O/c1-2-3-4-13(16)15-10-12-7-5-11(9-14)6-8-12/h1,5-8H,3-4,9-10,14H2,(H,15,16). The number of nitrogens with two attached hydrogens (primary N) is 1. The van der Waals surface area contributed by atoms with Gasteiger partial charge in [0.2, 0.25) is 5.91 Å². The van der Waals surface area contributed by atoms with Gasteiger partial charge in [-0.2, -0.15) is 0 Å². The van der Waals surface area contributed by atoms with E-state index in [2.05, 4.69) is 11.2 Å². The molecular formula is C13H16N2O. The van der Waals surface area contributed by atoms with Crippen LogP contribution in [0.15, 0.2) is 24.3 Å². The van der Waals surface area contributed by atoms with Crippen molar-refractivity contribution in [3.63, 3.8) is 0 Å². The molecule has 0 aliphatic heterocycles. The van der Waals surface area contributed by atoms with Crippen molar-refractivity contribution >= 4 is 5.91 Å². The summed E-state index contributed by atoms with van der Waals surface area (Å²) in [5, 5.41) is 2.81. The molecule has 84 valence electrons. The second kappa shape index (κ2) is 6.65. The van der Waals surface area contributed by atoms with Crippen molar-refractivity contribution in [3.8, 4) is 12.3 Å². The fraction of sp³-hybridized carbons (Fsp3) is 0.308. The Labute approximate surface area is 96.0 Å². The van der Waals surface area contributed by atoms with Crippen LogP contribution in [0.5, 0.6) is 0 Å². The molecular weight excluding hydrogens is 200 g/mol. The van der Waals surface area contributed by atoms with Crippen molar-refractivity contribution in [2.24, 2.45) is 5.73 Å². The van der Waals surface area contributed by atoms with Crippen LogP contribution in [0.2, 0.25) is 0 Å². The number of hydrogen-bond donors (Lipinski definition) is 2. The number of terminal acetylenes is 1. The summed E-state index contributed by atoms with van der Waals surface area (Å²) in [7, 11) is 0. The first-order valence-corrected chi connectivity index (χ1v) is 5.24. The second-order valence-corrected chi connectivity index (χ2v) is 3.50. The molecule has 3 nitrogen and oxygen atoms in total. The summed E-state index contributed by atoms with van der Waals surface area (Å²) in [5.41, 5.74) is 7.64. The van der Waals surface area contributed by atoms with Gasteiger partial charge in [-0.15, -0.1) is 12.3 Å². The van der Waals surface area contributed by atoms with E-state index in [1.165, 1.54) is 0 Å². The molecule has 0 aliphatic carbocycles. The van der Waals surface area contributed by atoms with Gasteiger partial charge in [-0.1, -0.05) is 24.3 Å². The lowest BCUT2D eigenvalue weighted by atomic mass is 10.1. The van der Waals surface area contributed by atoms with Crippen LogP contribution in [0.25, 0.3) is 0 Å². The number of amides is 1. The van der Waals surface area contributed by atoms with E-state index in [1.807, 2.05) is 24.3 Å². The van der Waals surface area contributed by atoms with Crippen LogP contribution >= 0.6 is 0 Å². The highest BCUT2D eigenvalue weighted by Gasteiger charge is 1.99. The number of carbonyl (C=O) groups is 1. The predicted molar refractivity (Wildman–Crippen MR) is 64.2 cm³/mol. The zero-order valence-corrected chi connectivity index (χ0v) is 9.20. The molecule has 0 atom stereocenters. The first-order valence-electron chi connectivity index (χ1n) is 5.24. The highest BCUT2D eigenvalue weighted by molar-refractivity contribution is 5.76. The minimum atomic E-state index is -0.0131. The van der Waals surface area contributed by atoms with Gasteiger partial charge in [0.15, 0.2) is 0 Å². The third kappa shape index (κ3) is 4.16. The van der Waals surface area contributed by atoms with Crippen LogP contribution in [-0.2, 0) is 17.9 Å². The summed E-state index contributed by atoms with van der Waals surface area (Å²) in [6, 6.07) is 7.85. The van der Waals surface area contributed by atoms with Crippen LogP contribution in [0.4, 0.5) is 0 Å². The minimum absolute atomic E-state index is 0.0131. The van der Waals surface area contributed by atoms with Crippen molar-refractivity contribution in [2.45, 2.75) is 25.9 Å². The van der Waals surface area contributed by atoms with Crippen molar-refractivity contribution < 1.29 is 4.79 Å². The molecule has 0 saturated carbocycles. The molecule has 1 aromatic rings. The highest BCUT2D eigenvalue weighted by Crippen LogP contribution is 2.03. The SMILES string of the molecule is C#CCCC(=O)NCc1ccc(CN)cc1. The average Bonchev–Trinajstić information content (AvgIpc) is 2.34. The molecule has 1 aromatic carbocycles. The van der Waals surface area contributed by atoms with E-state index in [1.54, 1.807) is 0 Å². The summed E-state index contributed by atoms with van der Waals surface area (Å²) >= 11 is 0. The van der Waals surface area contributed by atoms with E-state index in [-0.39, 0.29) is 5.91 Å². The van der Waals surface area contributed by atoms with Crippen LogP contribution in [0.1, 0.15) is 24.0 Å². The molecule has 0 heterocycles. The molecule has 0 fully saturated rings. The van der Waals surface area contributed by atoms with Gasteiger partial charge in [-0.05, 0) is 11.1 Å². The number of rotatable bonds is 5. The summed E-state index contributed by atoms with van der Waals surface area (Å²) in [6.07, 6.45) is 5.94.